The van der Waals surface area contributed by atoms with Crippen molar-refractivity contribution in [2.24, 2.45) is 11.8 Å². The highest BCUT2D eigenvalue weighted by atomic mass is 19.4. The minimum atomic E-state index is -4.35. The Morgan fingerprint density at radius 1 is 1.04 bits per heavy atom. The molecule has 27 heavy (non-hydrogen) atoms. The fraction of sp³-hybridized carbons (Fsp3) is 0.450. The van der Waals surface area contributed by atoms with E-state index in [0.29, 0.717) is 23.7 Å². The van der Waals surface area contributed by atoms with Crippen molar-refractivity contribution < 1.29 is 17.9 Å². The Hall–Kier alpha value is -2.28. The summed E-state index contributed by atoms with van der Waals surface area (Å²) in [7, 11) is 3.78. The fourth-order valence-electron chi connectivity index (χ4n) is 4.49. The third kappa shape index (κ3) is 3.36. The monoisotopic (exact) mass is 377 g/mol. The van der Waals surface area contributed by atoms with Crippen LogP contribution in [0.15, 0.2) is 42.6 Å². The SMILES string of the molecule is COc1ccc([C@@H]2[C@@H]3CN(c4ccc(C(F)(F)F)cn4)C[C@@H]3CN2C)cc1. The highest BCUT2D eigenvalue weighted by molar-refractivity contribution is 5.43. The third-order valence-corrected chi connectivity index (χ3v) is 5.75. The average Bonchev–Trinajstić information content (AvgIpc) is 3.18. The van der Waals surface area contributed by atoms with Gasteiger partial charge in [0.2, 0.25) is 0 Å². The van der Waals surface area contributed by atoms with Crippen LogP contribution < -0.4 is 9.64 Å². The Morgan fingerprint density at radius 3 is 2.37 bits per heavy atom. The number of pyridine rings is 1. The van der Waals surface area contributed by atoms with Crippen molar-refractivity contribution in [3.05, 3.63) is 53.7 Å². The highest BCUT2D eigenvalue weighted by Crippen LogP contribution is 2.45. The molecule has 2 aliphatic rings. The van der Waals surface area contributed by atoms with Gasteiger partial charge in [0.15, 0.2) is 0 Å². The van der Waals surface area contributed by atoms with E-state index in [1.807, 2.05) is 12.1 Å². The maximum atomic E-state index is 12.8. The molecule has 144 valence electrons. The number of benzene rings is 1. The smallest absolute Gasteiger partial charge is 0.417 e. The summed E-state index contributed by atoms with van der Waals surface area (Å²) in [5, 5.41) is 0. The lowest BCUT2D eigenvalue weighted by Gasteiger charge is -2.27. The minimum Gasteiger partial charge on any atom is -0.497 e. The van der Waals surface area contributed by atoms with E-state index in [2.05, 4.69) is 34.0 Å². The quantitative estimate of drug-likeness (QED) is 0.813. The van der Waals surface area contributed by atoms with Crippen molar-refractivity contribution in [2.75, 3.05) is 38.7 Å². The largest absolute Gasteiger partial charge is 0.497 e. The molecule has 2 saturated heterocycles. The summed E-state index contributed by atoms with van der Waals surface area (Å²) in [6.07, 6.45) is -3.42. The van der Waals surface area contributed by atoms with Gasteiger partial charge in [-0.05, 0) is 42.8 Å². The summed E-state index contributed by atoms with van der Waals surface area (Å²) < 4.78 is 43.5. The summed E-state index contributed by atoms with van der Waals surface area (Å²) >= 11 is 0. The molecular weight excluding hydrogens is 355 g/mol. The number of hydrogen-bond acceptors (Lipinski definition) is 4. The van der Waals surface area contributed by atoms with E-state index in [1.165, 1.54) is 11.6 Å². The van der Waals surface area contributed by atoms with Crippen LogP contribution >= 0.6 is 0 Å². The molecule has 2 aromatic rings. The molecule has 1 aromatic heterocycles. The van der Waals surface area contributed by atoms with Crippen molar-refractivity contribution >= 4 is 5.82 Å². The zero-order valence-electron chi connectivity index (χ0n) is 15.3. The zero-order chi connectivity index (χ0) is 19.2. The van der Waals surface area contributed by atoms with Crippen LogP contribution in [0.4, 0.5) is 19.0 Å². The first-order valence-corrected chi connectivity index (χ1v) is 8.99. The molecule has 4 nitrogen and oxygen atoms in total. The van der Waals surface area contributed by atoms with Crippen LogP contribution in [0, 0.1) is 11.8 Å². The van der Waals surface area contributed by atoms with Gasteiger partial charge in [0, 0.05) is 37.8 Å². The predicted octanol–water partition coefficient (Wildman–Crippen LogP) is 3.85. The van der Waals surface area contributed by atoms with Crippen molar-refractivity contribution in [1.82, 2.24) is 9.88 Å². The number of likely N-dealkylation sites (tertiary alicyclic amines) is 1. The Labute approximate surface area is 156 Å². The molecule has 0 saturated carbocycles. The molecule has 0 spiro atoms. The van der Waals surface area contributed by atoms with Crippen LogP contribution in [0.25, 0.3) is 0 Å². The van der Waals surface area contributed by atoms with Crippen molar-refractivity contribution in [3.63, 3.8) is 0 Å². The highest BCUT2D eigenvalue weighted by Gasteiger charge is 2.46. The molecule has 3 atom stereocenters. The predicted molar refractivity (Wildman–Crippen MR) is 96.8 cm³/mol. The number of ether oxygens (including phenoxy) is 1. The summed E-state index contributed by atoms with van der Waals surface area (Å²) in [4.78, 5) is 8.55. The van der Waals surface area contributed by atoms with E-state index in [-0.39, 0.29) is 0 Å². The van der Waals surface area contributed by atoms with Crippen LogP contribution in [0.2, 0.25) is 0 Å². The number of alkyl halides is 3. The second-order valence-corrected chi connectivity index (χ2v) is 7.39. The normalized spacial score (nSPS) is 25.7. The van der Waals surface area contributed by atoms with E-state index < -0.39 is 11.7 Å². The van der Waals surface area contributed by atoms with E-state index in [1.54, 1.807) is 7.11 Å². The van der Waals surface area contributed by atoms with E-state index >= 15 is 0 Å². The fourth-order valence-corrected chi connectivity index (χ4v) is 4.49. The van der Waals surface area contributed by atoms with Gasteiger partial charge < -0.3 is 9.64 Å². The molecule has 4 rings (SSSR count). The lowest BCUT2D eigenvalue weighted by Crippen LogP contribution is -2.29. The molecule has 0 N–H and O–H groups in total. The first-order chi connectivity index (χ1) is 12.9. The molecule has 0 radical (unpaired) electrons. The molecular formula is C20H22F3N3O. The topological polar surface area (TPSA) is 28.6 Å². The molecule has 7 heteroatoms. The van der Waals surface area contributed by atoms with Gasteiger partial charge in [-0.1, -0.05) is 12.1 Å². The average molecular weight is 377 g/mol. The number of nitrogens with zero attached hydrogens (tertiary/aromatic N) is 3. The first kappa shape index (κ1) is 18.1. The molecule has 0 aliphatic carbocycles. The van der Waals surface area contributed by atoms with Crippen LogP contribution in [-0.4, -0.2) is 43.7 Å². The van der Waals surface area contributed by atoms with Crippen LogP contribution in [0.5, 0.6) is 5.75 Å². The zero-order valence-corrected chi connectivity index (χ0v) is 15.3. The van der Waals surface area contributed by atoms with Gasteiger partial charge >= 0.3 is 6.18 Å². The van der Waals surface area contributed by atoms with Gasteiger partial charge in [0.05, 0.1) is 12.7 Å². The molecule has 0 amide bonds. The maximum Gasteiger partial charge on any atom is 0.417 e. The van der Waals surface area contributed by atoms with Crippen molar-refractivity contribution in [3.8, 4) is 5.75 Å². The second kappa shape index (κ2) is 6.71. The third-order valence-electron chi connectivity index (χ3n) is 5.75. The molecule has 2 aliphatic heterocycles. The van der Waals surface area contributed by atoms with Crippen molar-refractivity contribution in [1.29, 1.82) is 0 Å². The maximum absolute atomic E-state index is 12.8. The molecule has 0 bridgehead atoms. The standard InChI is InChI=1S/C20H22F3N3O/c1-25-10-14-11-26(18-8-5-15(9-24-18)20(21,22)23)12-17(14)19(25)13-3-6-16(27-2)7-4-13/h3-9,14,17,19H,10-12H2,1-2H3/t14-,17+,19+/m0/s1. The number of aromatic nitrogens is 1. The number of anilines is 1. The van der Waals surface area contributed by atoms with Crippen LogP contribution in [-0.2, 0) is 6.18 Å². The summed E-state index contributed by atoms with van der Waals surface area (Å²) in [6.45, 7) is 2.59. The minimum absolute atomic E-state index is 0.292. The number of hydrogen-bond donors (Lipinski definition) is 0. The first-order valence-electron chi connectivity index (χ1n) is 8.99. The van der Waals surface area contributed by atoms with E-state index in [9.17, 15) is 13.2 Å². The van der Waals surface area contributed by atoms with Crippen molar-refractivity contribution in [2.45, 2.75) is 12.2 Å². The van der Waals surface area contributed by atoms with Gasteiger partial charge in [0.1, 0.15) is 11.6 Å². The molecule has 2 fully saturated rings. The van der Waals surface area contributed by atoms with Gasteiger partial charge in [-0.3, -0.25) is 4.90 Å². The van der Waals surface area contributed by atoms with E-state index in [4.69, 9.17) is 4.74 Å². The summed E-state index contributed by atoms with van der Waals surface area (Å²) in [5.74, 6) is 2.35. The molecule has 3 heterocycles. The lowest BCUT2D eigenvalue weighted by molar-refractivity contribution is -0.137. The molecule has 1 aromatic carbocycles. The Kier molecular flexibility index (Phi) is 4.50. The summed E-state index contributed by atoms with van der Waals surface area (Å²) in [5.41, 5.74) is 0.537. The van der Waals surface area contributed by atoms with Crippen LogP contribution in [0.3, 0.4) is 0 Å². The number of rotatable bonds is 3. The van der Waals surface area contributed by atoms with Gasteiger partial charge in [0.25, 0.3) is 0 Å². The van der Waals surface area contributed by atoms with Gasteiger partial charge in [-0.15, -0.1) is 0 Å². The molecule has 0 unspecified atom stereocenters. The lowest BCUT2D eigenvalue weighted by atomic mass is 9.89. The Balaban J connectivity index is 1.52. The van der Waals surface area contributed by atoms with Crippen LogP contribution in [0.1, 0.15) is 17.2 Å². The number of halogens is 3. The van der Waals surface area contributed by atoms with Gasteiger partial charge in [-0.25, -0.2) is 4.98 Å². The number of fused-ring (bicyclic) bond motifs is 1. The summed E-state index contributed by atoms with van der Waals surface area (Å²) in [6, 6.07) is 11.0. The Morgan fingerprint density at radius 2 is 1.78 bits per heavy atom. The second-order valence-electron chi connectivity index (χ2n) is 7.39. The Bertz CT molecular complexity index is 792. The van der Waals surface area contributed by atoms with Gasteiger partial charge in [-0.2, -0.15) is 13.2 Å². The number of methoxy groups -OCH3 is 1. The van der Waals surface area contributed by atoms with E-state index in [0.717, 1.165) is 37.6 Å².